The van der Waals surface area contributed by atoms with Crippen LogP contribution in [-0.2, 0) is 20.9 Å². The van der Waals surface area contributed by atoms with Crippen molar-refractivity contribution >= 4 is 34.6 Å². The Balaban J connectivity index is 1.56. The summed E-state index contributed by atoms with van der Waals surface area (Å²) in [5.74, 6) is 0.849. The van der Waals surface area contributed by atoms with E-state index in [0.717, 1.165) is 25.0 Å². The van der Waals surface area contributed by atoms with E-state index in [1.54, 1.807) is 12.1 Å². The van der Waals surface area contributed by atoms with Crippen molar-refractivity contribution in [3.63, 3.8) is 0 Å². The second-order valence-electron chi connectivity index (χ2n) is 9.13. The number of anilines is 1. The van der Waals surface area contributed by atoms with E-state index >= 15 is 0 Å². The Morgan fingerprint density at radius 3 is 2.59 bits per heavy atom. The molecule has 4 rings (SSSR count). The van der Waals surface area contributed by atoms with Crippen LogP contribution in [0.15, 0.2) is 35.7 Å². The minimum Gasteiger partial charge on any atom is -0.598 e. The molecular formula is C23H33ClN4O3S. The third-order valence-corrected chi connectivity index (χ3v) is 8.26. The van der Waals surface area contributed by atoms with Crippen LogP contribution in [0.1, 0.15) is 40.0 Å². The van der Waals surface area contributed by atoms with E-state index in [9.17, 15) is 9.35 Å². The van der Waals surface area contributed by atoms with E-state index in [1.807, 2.05) is 30.3 Å². The van der Waals surface area contributed by atoms with E-state index in [4.69, 9.17) is 16.3 Å². The van der Waals surface area contributed by atoms with Crippen LogP contribution in [0, 0.1) is 5.92 Å². The number of nitrogens with zero attached hydrogens (tertiary/aromatic N) is 3. The lowest BCUT2D eigenvalue weighted by Crippen LogP contribution is -2.56. The predicted molar refractivity (Wildman–Crippen MR) is 128 cm³/mol. The number of rotatable bonds is 6. The molecule has 0 radical (unpaired) electrons. The maximum atomic E-state index is 13.6. The molecule has 32 heavy (non-hydrogen) atoms. The molecule has 2 aliphatic heterocycles. The Labute approximate surface area is 199 Å². The summed E-state index contributed by atoms with van der Waals surface area (Å²) in [6.07, 6.45) is 3.12. The second-order valence-corrected chi connectivity index (χ2v) is 11.6. The highest BCUT2D eigenvalue weighted by Crippen LogP contribution is 2.32. The van der Waals surface area contributed by atoms with E-state index in [2.05, 4.69) is 17.2 Å². The molecule has 1 saturated heterocycles. The van der Waals surface area contributed by atoms with Crippen molar-refractivity contribution < 1.29 is 14.1 Å². The first-order valence-corrected chi connectivity index (χ1v) is 13.0. The standard InChI is InChI=1S/C23H33ClN4O3S/c1-16(2)32(30)27-11-9-26(10-12-27)21-15-25-28(19-6-4-5-18(24)14-19)23(29)22(21)31-20-8-7-17(3)13-20/h4-6,14,16-17,20,25H,7-13,15H2,1-3H3/t17?,20?,32-/m0/s1. The summed E-state index contributed by atoms with van der Waals surface area (Å²) >= 11 is 5.19. The Kier molecular flexibility index (Phi) is 7.57. The lowest BCUT2D eigenvalue weighted by atomic mass is 10.1. The van der Waals surface area contributed by atoms with Gasteiger partial charge in [-0.15, -0.1) is 4.31 Å². The monoisotopic (exact) mass is 480 g/mol. The van der Waals surface area contributed by atoms with Crippen molar-refractivity contribution in [2.75, 3.05) is 37.7 Å². The molecule has 2 unspecified atom stereocenters. The van der Waals surface area contributed by atoms with Gasteiger partial charge in [-0.1, -0.05) is 24.6 Å². The van der Waals surface area contributed by atoms with Crippen LogP contribution in [0.2, 0.25) is 5.02 Å². The van der Waals surface area contributed by atoms with Gasteiger partial charge in [0, 0.05) is 29.5 Å². The number of piperazine rings is 1. The summed E-state index contributed by atoms with van der Waals surface area (Å²) in [6.45, 7) is 9.52. The topological polar surface area (TPSA) is 71.1 Å². The zero-order valence-corrected chi connectivity index (χ0v) is 20.6. The molecule has 2 heterocycles. The second kappa shape index (κ2) is 10.2. The third-order valence-electron chi connectivity index (χ3n) is 6.34. The van der Waals surface area contributed by atoms with Crippen molar-refractivity contribution in [2.24, 2.45) is 5.92 Å². The number of halogens is 1. The average Bonchev–Trinajstić information content (AvgIpc) is 3.19. The summed E-state index contributed by atoms with van der Waals surface area (Å²) in [5.41, 5.74) is 4.83. The molecule has 3 aliphatic rings. The van der Waals surface area contributed by atoms with Crippen LogP contribution in [0.25, 0.3) is 0 Å². The molecule has 0 aromatic heterocycles. The number of carbonyl (C=O) groups is 1. The zero-order chi connectivity index (χ0) is 22.8. The molecule has 176 valence electrons. The van der Waals surface area contributed by atoms with Gasteiger partial charge < -0.3 is 14.2 Å². The predicted octanol–water partition coefficient (Wildman–Crippen LogP) is 3.30. The maximum Gasteiger partial charge on any atom is 0.309 e. The molecule has 1 amide bonds. The fraction of sp³-hybridized carbons (Fsp3) is 0.609. The average molecular weight is 481 g/mol. The first-order chi connectivity index (χ1) is 15.3. The third kappa shape index (κ3) is 5.20. The minimum absolute atomic E-state index is 0.0630. The lowest BCUT2D eigenvalue weighted by Gasteiger charge is -2.41. The number of hydrazine groups is 1. The molecule has 1 aliphatic carbocycles. The summed E-state index contributed by atoms with van der Waals surface area (Å²) in [4.78, 5) is 15.8. The fourth-order valence-corrected chi connectivity index (χ4v) is 5.90. The Morgan fingerprint density at radius 2 is 1.97 bits per heavy atom. The molecule has 1 saturated carbocycles. The van der Waals surface area contributed by atoms with Gasteiger partial charge >= 0.3 is 5.91 Å². The molecule has 1 aromatic carbocycles. The summed E-state index contributed by atoms with van der Waals surface area (Å²) in [7, 11) is 0. The molecule has 7 nitrogen and oxygen atoms in total. The highest BCUT2D eigenvalue weighted by atomic mass is 35.5. The number of carbonyl (C=O) groups excluding carboxylic acids is 1. The maximum absolute atomic E-state index is 13.6. The highest BCUT2D eigenvalue weighted by Gasteiger charge is 2.37. The summed E-state index contributed by atoms with van der Waals surface area (Å²) < 4.78 is 20.9. The van der Waals surface area contributed by atoms with Crippen LogP contribution < -0.4 is 10.4 Å². The van der Waals surface area contributed by atoms with Crippen molar-refractivity contribution in [3.05, 3.63) is 40.7 Å². The Morgan fingerprint density at radius 1 is 1.22 bits per heavy atom. The number of nitrogens with one attached hydrogen (secondary N) is 1. The van der Waals surface area contributed by atoms with Gasteiger partial charge in [0.25, 0.3) is 0 Å². The van der Waals surface area contributed by atoms with Crippen LogP contribution >= 0.6 is 11.6 Å². The molecule has 9 heteroatoms. The van der Waals surface area contributed by atoms with Gasteiger partial charge in [0.1, 0.15) is 5.25 Å². The van der Waals surface area contributed by atoms with Gasteiger partial charge in [-0.2, -0.15) is 0 Å². The number of benzene rings is 1. The minimum atomic E-state index is -0.978. The largest absolute Gasteiger partial charge is 0.598 e. The van der Waals surface area contributed by atoms with Gasteiger partial charge in [-0.05, 0) is 57.2 Å². The quantitative estimate of drug-likeness (QED) is 0.630. The number of hydrogen-bond donors (Lipinski definition) is 1. The Bertz CT molecular complexity index is 859. The van der Waals surface area contributed by atoms with Gasteiger partial charge in [0.15, 0.2) is 0 Å². The van der Waals surface area contributed by atoms with Crippen LogP contribution in [-0.4, -0.2) is 63.7 Å². The molecule has 1 N–H and O–H groups in total. The SMILES string of the molecule is CC1CCC(OC2=C(N3CCN([S@@+]([O-])C(C)C)CC3)CNN(c3cccc(Cl)c3)C2=O)C1. The van der Waals surface area contributed by atoms with Gasteiger partial charge in [0.05, 0.1) is 37.1 Å². The number of ether oxygens (including phenoxy) is 1. The number of amides is 1. The molecular weight excluding hydrogens is 448 g/mol. The first-order valence-electron chi connectivity index (χ1n) is 11.5. The zero-order valence-electron chi connectivity index (χ0n) is 19.1. The van der Waals surface area contributed by atoms with Gasteiger partial charge in [-0.25, -0.2) is 10.4 Å². The molecule has 0 bridgehead atoms. The van der Waals surface area contributed by atoms with Crippen molar-refractivity contribution in [1.82, 2.24) is 14.6 Å². The fourth-order valence-electron chi connectivity index (χ4n) is 4.59. The van der Waals surface area contributed by atoms with E-state index < -0.39 is 11.4 Å². The molecule has 3 atom stereocenters. The molecule has 2 fully saturated rings. The Hall–Kier alpha value is -1.45. The van der Waals surface area contributed by atoms with Crippen LogP contribution in [0.5, 0.6) is 0 Å². The normalized spacial score (nSPS) is 26.2. The summed E-state index contributed by atoms with van der Waals surface area (Å²) in [6, 6.07) is 7.25. The van der Waals surface area contributed by atoms with E-state index in [-0.39, 0.29) is 17.3 Å². The highest BCUT2D eigenvalue weighted by molar-refractivity contribution is 7.89. The van der Waals surface area contributed by atoms with Gasteiger partial charge in [-0.3, -0.25) is 4.79 Å². The van der Waals surface area contributed by atoms with Gasteiger partial charge in [0.2, 0.25) is 5.76 Å². The smallest absolute Gasteiger partial charge is 0.309 e. The van der Waals surface area contributed by atoms with E-state index in [1.165, 1.54) is 5.01 Å². The molecule has 0 spiro atoms. The van der Waals surface area contributed by atoms with Crippen LogP contribution in [0.3, 0.4) is 0 Å². The first kappa shape index (κ1) is 23.7. The van der Waals surface area contributed by atoms with Crippen molar-refractivity contribution in [1.29, 1.82) is 0 Å². The van der Waals surface area contributed by atoms with E-state index in [0.29, 0.717) is 55.1 Å². The number of hydrogen-bond acceptors (Lipinski definition) is 6. The van der Waals surface area contributed by atoms with Crippen LogP contribution in [0.4, 0.5) is 5.69 Å². The molecule has 1 aromatic rings. The summed E-state index contributed by atoms with van der Waals surface area (Å²) in [5, 5.41) is 2.22. The lowest BCUT2D eigenvalue weighted by molar-refractivity contribution is -0.121. The van der Waals surface area contributed by atoms with Crippen molar-refractivity contribution in [3.8, 4) is 0 Å². The van der Waals surface area contributed by atoms with Crippen molar-refractivity contribution in [2.45, 2.75) is 51.4 Å².